The molecule has 6 aromatic rings. The van der Waals surface area contributed by atoms with E-state index in [9.17, 15) is 0 Å². The maximum Gasteiger partial charge on any atom is 0.494 e. The van der Waals surface area contributed by atoms with Crippen LogP contribution in [-0.2, 0) is 27.6 Å². The van der Waals surface area contributed by atoms with Crippen molar-refractivity contribution in [1.82, 2.24) is 0 Å². The van der Waals surface area contributed by atoms with E-state index in [-0.39, 0.29) is 0 Å². The van der Waals surface area contributed by atoms with Gasteiger partial charge in [-0.1, -0.05) is 155 Å². The minimum Gasteiger partial charge on any atom is -0.399 e. The Bertz CT molecular complexity index is 2480. The highest BCUT2D eigenvalue weighted by atomic mass is 16.7. The summed E-state index contributed by atoms with van der Waals surface area (Å²) in [6, 6.07) is 42.7. The van der Waals surface area contributed by atoms with E-state index in [1.54, 1.807) is 0 Å². The smallest absolute Gasteiger partial charge is 0.399 e. The van der Waals surface area contributed by atoms with E-state index in [0.29, 0.717) is 0 Å². The van der Waals surface area contributed by atoms with Gasteiger partial charge >= 0.3 is 7.12 Å². The zero-order valence-electron chi connectivity index (χ0n) is 39.9. The molecule has 1 aliphatic heterocycles. The van der Waals surface area contributed by atoms with Gasteiger partial charge in [0.25, 0.3) is 0 Å². The summed E-state index contributed by atoms with van der Waals surface area (Å²) in [6.45, 7) is 22.0. The molecule has 8 rings (SSSR count). The van der Waals surface area contributed by atoms with E-state index in [1.807, 2.05) is 0 Å². The van der Waals surface area contributed by atoms with E-state index in [4.69, 9.17) is 17.2 Å². The quantitative estimate of drug-likeness (QED) is 0.0757. The van der Waals surface area contributed by atoms with Crippen LogP contribution in [0, 0.1) is 27.7 Å². The first-order chi connectivity index (χ1) is 30.2. The Labute approximate surface area is 381 Å². The molecule has 1 saturated heterocycles. The lowest BCUT2D eigenvalue weighted by Crippen LogP contribution is -2.41. The van der Waals surface area contributed by atoms with Crippen LogP contribution in [0.5, 0.6) is 0 Å². The topological polar surface area (TPSA) is 18.5 Å². The van der Waals surface area contributed by atoms with Crippen molar-refractivity contribution in [1.29, 1.82) is 0 Å². The zero-order chi connectivity index (χ0) is 44.7. The lowest BCUT2D eigenvalue weighted by molar-refractivity contribution is 0.00578. The third kappa shape index (κ3) is 8.44. The van der Waals surface area contributed by atoms with Crippen molar-refractivity contribution in [2.24, 2.45) is 0 Å². The number of hydrogen-bond donors (Lipinski definition) is 0. The Morgan fingerprint density at radius 3 is 1.27 bits per heavy atom. The van der Waals surface area contributed by atoms with Crippen LogP contribution < -0.4 is 10.9 Å². The second-order valence-electron chi connectivity index (χ2n) is 19.9. The van der Waals surface area contributed by atoms with Crippen LogP contribution in [0.1, 0.15) is 149 Å². The summed E-state index contributed by atoms with van der Waals surface area (Å²) < 4.78 is 13.1. The minimum atomic E-state index is -0.557. The van der Waals surface area contributed by atoms with Crippen molar-refractivity contribution in [2.45, 2.75) is 150 Å². The van der Waals surface area contributed by atoms with Gasteiger partial charge in [-0.15, -0.1) is 0 Å². The predicted molar refractivity (Wildman–Crippen MR) is 270 cm³/mol. The van der Waals surface area contributed by atoms with Gasteiger partial charge in [0.1, 0.15) is 7.85 Å². The molecule has 1 aliphatic carbocycles. The normalized spacial score (nSPS) is 15.7. The van der Waals surface area contributed by atoms with E-state index in [0.717, 1.165) is 23.8 Å². The Hall–Kier alpha value is -4.63. The number of rotatable bonds is 15. The van der Waals surface area contributed by atoms with Crippen LogP contribution in [0.3, 0.4) is 0 Å². The standard InChI is InChI=1S/C59H68B2O2/c1-11-13-15-17-19-43-21-27-47(28-22-43)59(48-29-23-44(24-30-48)20-18-16-14-12-2)53-37-45(55-39(3)33-49(60)34-40(55)4)25-31-51(53)52-32-26-46(38-54(52)59)56-41(5)35-50(36-42(56)6)61-62-57(7,8)58(9,10)63-61/h21-38H,11-20H2,1-10H3. The lowest BCUT2D eigenvalue weighted by Gasteiger charge is -2.35. The third-order valence-electron chi connectivity index (χ3n) is 14.8. The maximum absolute atomic E-state index is 6.54. The van der Waals surface area contributed by atoms with Gasteiger partial charge in [-0.25, -0.2) is 0 Å². The molecule has 6 aromatic carbocycles. The molecule has 0 spiro atoms. The fourth-order valence-electron chi connectivity index (χ4n) is 10.8. The number of unbranched alkanes of at least 4 members (excludes halogenated alkanes) is 6. The largest absolute Gasteiger partial charge is 0.494 e. The van der Waals surface area contributed by atoms with Crippen molar-refractivity contribution >= 4 is 25.9 Å². The highest BCUT2D eigenvalue weighted by molar-refractivity contribution is 6.62. The van der Waals surface area contributed by atoms with Crippen molar-refractivity contribution < 1.29 is 9.31 Å². The van der Waals surface area contributed by atoms with Gasteiger partial charge in [0.15, 0.2) is 0 Å². The Morgan fingerprint density at radius 1 is 0.476 bits per heavy atom. The molecular formula is C59H68B2O2. The van der Waals surface area contributed by atoms with Gasteiger partial charge in [0.05, 0.1) is 16.6 Å². The summed E-state index contributed by atoms with van der Waals surface area (Å²) in [6.07, 6.45) is 12.3. The van der Waals surface area contributed by atoms with Gasteiger partial charge in [-0.2, -0.15) is 0 Å². The molecule has 2 aliphatic rings. The Kier molecular flexibility index (Phi) is 12.9. The van der Waals surface area contributed by atoms with E-state index in [2.05, 4.69) is 178 Å². The van der Waals surface area contributed by atoms with Gasteiger partial charge in [-0.05, 0) is 188 Å². The van der Waals surface area contributed by atoms with Crippen molar-refractivity contribution in [2.75, 3.05) is 0 Å². The number of fused-ring (bicyclic) bond motifs is 3. The van der Waals surface area contributed by atoms with E-state index < -0.39 is 23.7 Å². The molecule has 2 radical (unpaired) electrons. The van der Waals surface area contributed by atoms with Crippen LogP contribution in [0.2, 0.25) is 0 Å². The molecule has 4 heteroatoms. The highest BCUT2D eigenvalue weighted by Crippen LogP contribution is 2.58. The van der Waals surface area contributed by atoms with Crippen LogP contribution in [-0.4, -0.2) is 26.2 Å². The van der Waals surface area contributed by atoms with Gasteiger partial charge in [0.2, 0.25) is 0 Å². The summed E-state index contributed by atoms with van der Waals surface area (Å²) in [7, 11) is 5.99. The first-order valence-corrected chi connectivity index (χ1v) is 24.0. The predicted octanol–water partition coefficient (Wildman–Crippen LogP) is 14.0. The SMILES string of the molecule is [B]c1cc(C)c(-c2ccc3c(c2)C(c2ccc(CCCCCC)cc2)(c2ccc(CCCCCC)cc2)c2cc(-c4c(C)cc(B5OC(C)(C)C(C)(C)O5)cc4C)ccc2-3)c(C)c1. The third-order valence-corrected chi connectivity index (χ3v) is 14.8. The molecule has 0 unspecified atom stereocenters. The van der Waals surface area contributed by atoms with Crippen LogP contribution in [0.25, 0.3) is 33.4 Å². The van der Waals surface area contributed by atoms with Crippen LogP contribution in [0.15, 0.2) is 109 Å². The Morgan fingerprint density at radius 2 is 0.873 bits per heavy atom. The maximum atomic E-state index is 6.54. The van der Waals surface area contributed by atoms with Gasteiger partial charge in [-0.3, -0.25) is 0 Å². The summed E-state index contributed by atoms with van der Waals surface area (Å²) in [5.41, 5.74) is 21.0. The fraction of sp³-hybridized carbons (Fsp3) is 0.390. The molecule has 0 bridgehead atoms. The average Bonchev–Trinajstić information content (AvgIpc) is 3.65. The summed E-state index contributed by atoms with van der Waals surface area (Å²) >= 11 is 0. The molecule has 0 aromatic heterocycles. The molecule has 0 atom stereocenters. The Balaban J connectivity index is 1.33. The molecule has 0 amide bonds. The van der Waals surface area contributed by atoms with E-state index >= 15 is 0 Å². The first kappa shape index (κ1) is 45.0. The summed E-state index contributed by atoms with van der Waals surface area (Å²) in [5, 5.41) is 0. The molecule has 1 fully saturated rings. The zero-order valence-corrected chi connectivity index (χ0v) is 39.9. The van der Waals surface area contributed by atoms with Crippen molar-refractivity contribution in [3.05, 3.63) is 165 Å². The second kappa shape index (κ2) is 18.1. The minimum absolute atomic E-state index is 0.401. The monoisotopic (exact) mass is 831 g/mol. The summed E-state index contributed by atoms with van der Waals surface area (Å²) in [5.74, 6) is 0. The summed E-state index contributed by atoms with van der Waals surface area (Å²) in [4.78, 5) is 0. The first-order valence-electron chi connectivity index (χ1n) is 24.0. The number of aryl methyl sites for hydroxylation is 6. The fourth-order valence-corrected chi connectivity index (χ4v) is 10.8. The van der Waals surface area contributed by atoms with Crippen molar-refractivity contribution in [3.8, 4) is 33.4 Å². The molecular weight excluding hydrogens is 762 g/mol. The van der Waals surface area contributed by atoms with E-state index in [1.165, 1.54) is 140 Å². The van der Waals surface area contributed by atoms with Crippen LogP contribution >= 0.6 is 0 Å². The molecule has 0 saturated carbocycles. The van der Waals surface area contributed by atoms with Gasteiger partial charge < -0.3 is 9.31 Å². The number of benzene rings is 6. The molecule has 63 heavy (non-hydrogen) atoms. The molecule has 1 heterocycles. The van der Waals surface area contributed by atoms with Crippen LogP contribution in [0.4, 0.5) is 0 Å². The highest BCUT2D eigenvalue weighted by Gasteiger charge is 2.52. The number of hydrogen-bond acceptors (Lipinski definition) is 2. The molecule has 0 N–H and O–H groups in total. The van der Waals surface area contributed by atoms with Gasteiger partial charge in [0, 0.05) is 0 Å². The lowest BCUT2D eigenvalue weighted by atomic mass is 9.66. The average molecular weight is 831 g/mol. The second-order valence-corrected chi connectivity index (χ2v) is 19.9. The van der Waals surface area contributed by atoms with Crippen molar-refractivity contribution in [3.63, 3.8) is 0 Å². The molecule has 322 valence electrons. The molecule has 2 nitrogen and oxygen atoms in total.